The number of aromatic nitrogens is 1. The Hall–Kier alpha value is -2.27. The van der Waals surface area contributed by atoms with Crippen LogP contribution in [0.1, 0.15) is 6.42 Å². The number of hydrogen-bond donors (Lipinski definition) is 1. The van der Waals surface area contributed by atoms with Gasteiger partial charge in [0.2, 0.25) is 5.91 Å². The van der Waals surface area contributed by atoms with Gasteiger partial charge in [-0.1, -0.05) is 24.3 Å². The summed E-state index contributed by atoms with van der Waals surface area (Å²) in [6.07, 6.45) is 2.19. The summed E-state index contributed by atoms with van der Waals surface area (Å²) in [5.41, 5.74) is 5.52. The molecule has 1 aliphatic heterocycles. The molecule has 1 saturated heterocycles. The van der Waals surface area contributed by atoms with E-state index in [1.807, 2.05) is 36.4 Å². The highest BCUT2D eigenvalue weighted by atomic mass is 35.5. The van der Waals surface area contributed by atoms with Crippen molar-refractivity contribution in [1.82, 2.24) is 4.98 Å². The number of carbonyl (C=O) groups excluding carboxylic acids is 1. The van der Waals surface area contributed by atoms with E-state index >= 15 is 0 Å². The van der Waals surface area contributed by atoms with Crippen molar-refractivity contribution in [3.05, 3.63) is 54.7 Å². The van der Waals surface area contributed by atoms with E-state index < -0.39 is 17.0 Å². The van der Waals surface area contributed by atoms with Crippen molar-refractivity contribution >= 4 is 23.3 Å². The van der Waals surface area contributed by atoms with Crippen LogP contribution in [0.4, 0.5) is 5.82 Å². The van der Waals surface area contributed by atoms with E-state index in [0.717, 1.165) is 0 Å². The van der Waals surface area contributed by atoms with Crippen LogP contribution in [0.15, 0.2) is 54.7 Å². The Morgan fingerprint density at radius 2 is 2.00 bits per heavy atom. The van der Waals surface area contributed by atoms with Crippen molar-refractivity contribution in [2.75, 3.05) is 11.4 Å². The van der Waals surface area contributed by atoms with Gasteiger partial charge in [0.1, 0.15) is 17.5 Å². The average molecular weight is 318 g/mol. The fourth-order valence-electron chi connectivity index (χ4n) is 2.66. The number of primary amides is 1. The number of nitrogens with zero attached hydrogens (tertiary/aromatic N) is 2. The molecule has 0 aliphatic carbocycles. The van der Waals surface area contributed by atoms with Gasteiger partial charge in [0.05, 0.1) is 0 Å². The van der Waals surface area contributed by atoms with Gasteiger partial charge in [-0.15, -0.1) is 0 Å². The number of alkyl halides is 1. The first-order valence-electron chi connectivity index (χ1n) is 7.02. The van der Waals surface area contributed by atoms with Gasteiger partial charge in [-0.2, -0.15) is 0 Å². The highest BCUT2D eigenvalue weighted by molar-refractivity contribution is 6.26. The topological polar surface area (TPSA) is 68.5 Å². The lowest BCUT2D eigenvalue weighted by Crippen LogP contribution is -2.52. The SMILES string of the molecule is NC(=O)C1CCN(c2ccccn2)C1(Cl)Oc1ccccc1. The Kier molecular flexibility index (Phi) is 3.90. The van der Waals surface area contributed by atoms with Crippen LogP contribution in [-0.2, 0) is 4.79 Å². The van der Waals surface area contributed by atoms with Crippen molar-refractivity contribution in [2.45, 2.75) is 11.6 Å². The molecule has 0 bridgehead atoms. The number of ether oxygens (including phenoxy) is 1. The van der Waals surface area contributed by atoms with Crippen LogP contribution in [0.5, 0.6) is 5.75 Å². The minimum Gasteiger partial charge on any atom is -0.453 e. The largest absolute Gasteiger partial charge is 0.453 e. The fraction of sp³-hybridized carbons (Fsp3) is 0.250. The summed E-state index contributed by atoms with van der Waals surface area (Å²) in [5, 5.41) is -1.37. The van der Waals surface area contributed by atoms with Gasteiger partial charge in [0.25, 0.3) is 5.18 Å². The standard InChI is InChI=1S/C16H16ClN3O2/c17-16(22-12-6-2-1-3-7-12)13(15(18)21)9-11-20(16)14-8-4-5-10-19-14/h1-8,10,13H,9,11H2,(H2,18,21). The van der Waals surface area contributed by atoms with Crippen molar-refractivity contribution < 1.29 is 9.53 Å². The lowest BCUT2D eigenvalue weighted by atomic mass is 10.1. The van der Waals surface area contributed by atoms with Crippen molar-refractivity contribution in [2.24, 2.45) is 11.7 Å². The fourth-order valence-corrected chi connectivity index (χ4v) is 3.14. The van der Waals surface area contributed by atoms with E-state index in [1.165, 1.54) is 0 Å². The van der Waals surface area contributed by atoms with E-state index in [0.29, 0.717) is 24.5 Å². The normalized spacial score (nSPS) is 24.2. The predicted molar refractivity (Wildman–Crippen MR) is 84.5 cm³/mol. The molecule has 1 aromatic heterocycles. The van der Waals surface area contributed by atoms with E-state index in [4.69, 9.17) is 22.1 Å². The first kappa shape index (κ1) is 14.7. The molecule has 2 unspecified atom stereocenters. The number of halogens is 1. The Morgan fingerprint density at radius 1 is 1.27 bits per heavy atom. The zero-order valence-corrected chi connectivity index (χ0v) is 12.6. The molecule has 114 valence electrons. The minimum atomic E-state index is -1.37. The van der Waals surface area contributed by atoms with Gasteiger partial charge in [0, 0.05) is 12.7 Å². The van der Waals surface area contributed by atoms with E-state index in [-0.39, 0.29) is 0 Å². The van der Waals surface area contributed by atoms with Gasteiger partial charge in [-0.3, -0.25) is 4.79 Å². The van der Waals surface area contributed by atoms with Gasteiger partial charge >= 0.3 is 0 Å². The third-order valence-electron chi connectivity index (χ3n) is 3.71. The summed E-state index contributed by atoms with van der Waals surface area (Å²) in [4.78, 5) is 17.9. The summed E-state index contributed by atoms with van der Waals surface area (Å²) in [6.45, 7) is 0.543. The van der Waals surface area contributed by atoms with Gasteiger partial charge in [-0.05, 0) is 42.3 Å². The van der Waals surface area contributed by atoms with E-state index in [2.05, 4.69) is 4.98 Å². The summed E-state index contributed by atoms with van der Waals surface area (Å²) >= 11 is 6.73. The monoisotopic (exact) mass is 317 g/mol. The molecule has 2 N–H and O–H groups in total. The van der Waals surface area contributed by atoms with Gasteiger partial charge in [-0.25, -0.2) is 4.98 Å². The predicted octanol–water partition coefficient (Wildman–Crippen LogP) is 2.36. The number of rotatable bonds is 4. The average Bonchev–Trinajstić information content (AvgIpc) is 2.86. The molecular weight excluding hydrogens is 302 g/mol. The van der Waals surface area contributed by atoms with Crippen molar-refractivity contribution in [3.8, 4) is 5.75 Å². The van der Waals surface area contributed by atoms with Crippen LogP contribution in [0.2, 0.25) is 0 Å². The van der Waals surface area contributed by atoms with Crippen LogP contribution in [-0.4, -0.2) is 22.6 Å². The van der Waals surface area contributed by atoms with E-state index in [9.17, 15) is 4.79 Å². The molecule has 6 heteroatoms. The Balaban J connectivity index is 1.98. The highest BCUT2D eigenvalue weighted by Gasteiger charge is 2.53. The molecule has 1 fully saturated rings. The summed E-state index contributed by atoms with van der Waals surface area (Å²) in [6, 6.07) is 14.6. The number of benzene rings is 1. The molecule has 0 radical (unpaired) electrons. The van der Waals surface area contributed by atoms with Crippen LogP contribution in [0.3, 0.4) is 0 Å². The molecule has 1 amide bonds. The van der Waals surface area contributed by atoms with Crippen molar-refractivity contribution in [1.29, 1.82) is 0 Å². The van der Waals surface area contributed by atoms with E-state index in [1.54, 1.807) is 23.2 Å². The highest BCUT2D eigenvalue weighted by Crippen LogP contribution is 2.42. The number of amides is 1. The van der Waals surface area contributed by atoms with Gasteiger partial charge < -0.3 is 15.4 Å². The summed E-state index contributed by atoms with van der Waals surface area (Å²) in [5.74, 6) is 0.115. The molecule has 3 rings (SSSR count). The molecule has 5 nitrogen and oxygen atoms in total. The maximum Gasteiger partial charge on any atom is 0.273 e. The summed E-state index contributed by atoms with van der Waals surface area (Å²) in [7, 11) is 0. The Bertz CT molecular complexity index is 653. The molecular formula is C16H16ClN3O2. The number of carbonyl (C=O) groups is 1. The van der Waals surface area contributed by atoms with Crippen LogP contribution >= 0.6 is 11.6 Å². The number of nitrogens with two attached hydrogens (primary N) is 1. The van der Waals surface area contributed by atoms with Crippen molar-refractivity contribution in [3.63, 3.8) is 0 Å². The third kappa shape index (κ3) is 2.60. The second-order valence-corrected chi connectivity index (χ2v) is 5.65. The van der Waals surface area contributed by atoms with Gasteiger partial charge in [0.15, 0.2) is 0 Å². The Labute approximate surface area is 133 Å². The number of para-hydroxylation sites is 1. The zero-order valence-electron chi connectivity index (χ0n) is 11.9. The lowest BCUT2D eigenvalue weighted by Gasteiger charge is -2.36. The second-order valence-electron chi connectivity index (χ2n) is 5.11. The second kappa shape index (κ2) is 5.85. The van der Waals surface area contributed by atoms with Crippen LogP contribution in [0.25, 0.3) is 0 Å². The van der Waals surface area contributed by atoms with Crippen LogP contribution in [0, 0.1) is 5.92 Å². The molecule has 22 heavy (non-hydrogen) atoms. The summed E-state index contributed by atoms with van der Waals surface area (Å²) < 4.78 is 5.95. The molecule has 1 aliphatic rings. The smallest absolute Gasteiger partial charge is 0.273 e. The Morgan fingerprint density at radius 3 is 2.64 bits per heavy atom. The quantitative estimate of drug-likeness (QED) is 0.694. The molecule has 2 aromatic rings. The zero-order chi connectivity index (χ0) is 15.6. The minimum absolute atomic E-state index is 0.482. The third-order valence-corrected chi connectivity index (χ3v) is 4.26. The first-order valence-corrected chi connectivity index (χ1v) is 7.40. The molecule has 2 heterocycles. The number of anilines is 1. The maximum atomic E-state index is 11.8. The number of pyridine rings is 1. The maximum absolute atomic E-state index is 11.8. The van der Waals surface area contributed by atoms with Crippen LogP contribution < -0.4 is 15.4 Å². The first-order chi connectivity index (χ1) is 10.6. The number of hydrogen-bond acceptors (Lipinski definition) is 4. The molecule has 0 spiro atoms. The molecule has 2 atom stereocenters. The molecule has 1 aromatic carbocycles. The lowest BCUT2D eigenvalue weighted by molar-refractivity contribution is -0.124. The molecule has 0 saturated carbocycles.